The first-order chi connectivity index (χ1) is 15.9. The van der Waals surface area contributed by atoms with Gasteiger partial charge in [-0.1, -0.05) is 41.7 Å². The molecule has 1 aliphatic heterocycles. The Balaban J connectivity index is 1.89. The smallest absolute Gasteiger partial charge is 0.271 e. The normalized spacial score (nSPS) is 16.1. The molecule has 0 aliphatic carbocycles. The molecule has 0 saturated heterocycles. The zero-order valence-electron chi connectivity index (χ0n) is 18.8. The van der Waals surface area contributed by atoms with E-state index in [1.807, 2.05) is 79.3 Å². The number of Topliss-reactive ketones (excluding diaryl/α,β-unsaturated/α-hetero) is 1. The molecule has 4 aromatic rings. The second kappa shape index (κ2) is 8.01. The van der Waals surface area contributed by atoms with E-state index in [9.17, 15) is 9.59 Å². The molecule has 6 nitrogen and oxygen atoms in total. The van der Waals surface area contributed by atoms with Gasteiger partial charge in [0.25, 0.3) is 5.56 Å². The Kier molecular flexibility index (Phi) is 5.13. The highest BCUT2D eigenvalue weighted by Gasteiger charge is 2.33. The van der Waals surface area contributed by atoms with Gasteiger partial charge in [-0.3, -0.25) is 14.2 Å². The number of thiazole rings is 1. The molecule has 166 valence electrons. The maximum Gasteiger partial charge on any atom is 0.271 e. The second-order valence-corrected chi connectivity index (χ2v) is 9.09. The van der Waals surface area contributed by atoms with E-state index in [0.717, 1.165) is 22.0 Å². The van der Waals surface area contributed by atoms with Crippen molar-refractivity contribution >= 4 is 34.0 Å². The van der Waals surface area contributed by atoms with E-state index in [2.05, 4.69) is 4.99 Å². The lowest BCUT2D eigenvalue weighted by Gasteiger charge is -2.27. The molecule has 0 spiro atoms. The van der Waals surface area contributed by atoms with Crippen LogP contribution in [-0.4, -0.2) is 22.0 Å². The molecule has 1 aliphatic rings. The number of hydrogen-bond acceptors (Lipinski definition) is 5. The highest BCUT2D eigenvalue weighted by atomic mass is 32.1. The van der Waals surface area contributed by atoms with Gasteiger partial charge in [0.1, 0.15) is 5.75 Å². The Hall–Kier alpha value is -3.71. The van der Waals surface area contributed by atoms with Crippen LogP contribution in [0.15, 0.2) is 75.8 Å². The summed E-state index contributed by atoms with van der Waals surface area (Å²) >= 11 is 1.33. The predicted molar refractivity (Wildman–Crippen MR) is 130 cm³/mol. The van der Waals surface area contributed by atoms with Crippen molar-refractivity contribution in [3.63, 3.8) is 0 Å². The van der Waals surface area contributed by atoms with Gasteiger partial charge in [0, 0.05) is 35.8 Å². The topological polar surface area (TPSA) is 65.6 Å². The number of hydrogen-bond donors (Lipinski definition) is 0. The first kappa shape index (κ1) is 21.2. The third-order valence-electron chi connectivity index (χ3n) is 6.09. The maximum atomic E-state index is 13.7. The summed E-state index contributed by atoms with van der Waals surface area (Å²) in [4.78, 5) is 31.9. The molecule has 2 aromatic carbocycles. The fourth-order valence-corrected chi connectivity index (χ4v) is 5.57. The summed E-state index contributed by atoms with van der Waals surface area (Å²) in [5, 5.41) is 1.95. The van der Waals surface area contributed by atoms with Gasteiger partial charge in [-0.15, -0.1) is 0 Å². The summed E-state index contributed by atoms with van der Waals surface area (Å²) in [5.41, 5.74) is 2.66. The van der Waals surface area contributed by atoms with Crippen LogP contribution in [0.4, 0.5) is 0 Å². The van der Waals surface area contributed by atoms with Crippen LogP contribution < -0.4 is 19.6 Å². The fraction of sp³-hybridized carbons (Fsp3) is 0.192. The number of carbonyl (C=O) groups excluding carboxylic acids is 1. The minimum Gasteiger partial charge on any atom is -0.496 e. The molecule has 0 amide bonds. The molecule has 1 atom stereocenters. The van der Waals surface area contributed by atoms with Gasteiger partial charge < -0.3 is 9.30 Å². The van der Waals surface area contributed by atoms with Gasteiger partial charge in [-0.25, -0.2) is 4.99 Å². The number of ketones is 1. The summed E-state index contributed by atoms with van der Waals surface area (Å²) in [6, 6.07) is 15.1. The SMILES string of the molecule is COc1ccc2ccccc2c1[C@@H]1C(C(C)=O)=C(C)N=c2sc(=Cc3cccn3C)c(=O)n21. The largest absolute Gasteiger partial charge is 0.496 e. The number of allylic oxidation sites excluding steroid dienone is 2. The second-order valence-electron chi connectivity index (χ2n) is 8.08. The fourth-order valence-electron chi connectivity index (χ4n) is 4.54. The number of methoxy groups -OCH3 is 1. The summed E-state index contributed by atoms with van der Waals surface area (Å²) in [5.74, 6) is 0.511. The quantitative estimate of drug-likeness (QED) is 0.472. The van der Waals surface area contributed by atoms with E-state index < -0.39 is 6.04 Å². The minimum atomic E-state index is -0.629. The number of benzene rings is 2. The zero-order chi connectivity index (χ0) is 23.3. The van der Waals surface area contributed by atoms with Crippen LogP contribution in [0, 0.1) is 0 Å². The molecule has 0 unspecified atom stereocenters. The number of aromatic nitrogens is 2. The van der Waals surface area contributed by atoms with Crippen molar-refractivity contribution in [2.24, 2.45) is 12.0 Å². The van der Waals surface area contributed by atoms with Gasteiger partial charge in [0.15, 0.2) is 10.6 Å². The van der Waals surface area contributed by atoms with Gasteiger partial charge in [0.05, 0.1) is 17.7 Å². The molecule has 3 heterocycles. The standard InChI is InChI=1S/C26H23N3O3S/c1-15-22(16(2)30)24(23-19-10-6-5-8-17(19)11-12-20(23)32-4)29-25(31)21(33-26(29)27-15)14-18-9-7-13-28(18)3/h5-14,24H,1-4H3/t24-/m0/s1. The highest BCUT2D eigenvalue weighted by molar-refractivity contribution is 7.07. The lowest BCUT2D eigenvalue weighted by atomic mass is 9.89. The predicted octanol–water partition coefficient (Wildman–Crippen LogP) is 3.32. The number of fused-ring (bicyclic) bond motifs is 2. The maximum absolute atomic E-state index is 13.7. The van der Waals surface area contributed by atoms with E-state index in [1.165, 1.54) is 18.3 Å². The molecule has 7 heteroatoms. The van der Waals surface area contributed by atoms with Crippen molar-refractivity contribution in [1.29, 1.82) is 0 Å². The monoisotopic (exact) mass is 457 g/mol. The van der Waals surface area contributed by atoms with Crippen molar-refractivity contribution in [2.75, 3.05) is 7.11 Å². The summed E-state index contributed by atoms with van der Waals surface area (Å²) in [6.07, 6.45) is 3.80. The molecule has 0 fully saturated rings. The molecule has 0 saturated carbocycles. The van der Waals surface area contributed by atoms with Crippen molar-refractivity contribution < 1.29 is 9.53 Å². The van der Waals surface area contributed by atoms with E-state index in [1.54, 1.807) is 11.7 Å². The summed E-state index contributed by atoms with van der Waals surface area (Å²) in [7, 11) is 3.54. The molecular weight excluding hydrogens is 434 g/mol. The van der Waals surface area contributed by atoms with Crippen LogP contribution >= 0.6 is 11.3 Å². The van der Waals surface area contributed by atoms with Crippen LogP contribution in [0.1, 0.15) is 31.1 Å². The van der Waals surface area contributed by atoms with Crippen LogP contribution in [0.25, 0.3) is 16.8 Å². The molecule has 0 radical (unpaired) electrons. The first-order valence-corrected chi connectivity index (χ1v) is 11.4. The van der Waals surface area contributed by atoms with Gasteiger partial charge >= 0.3 is 0 Å². The summed E-state index contributed by atoms with van der Waals surface area (Å²) in [6.45, 7) is 3.36. The van der Waals surface area contributed by atoms with Gasteiger partial charge in [0.2, 0.25) is 0 Å². The lowest BCUT2D eigenvalue weighted by molar-refractivity contribution is -0.114. The first-order valence-electron chi connectivity index (χ1n) is 10.6. The Morgan fingerprint density at radius 2 is 1.94 bits per heavy atom. The minimum absolute atomic E-state index is 0.118. The van der Waals surface area contributed by atoms with Crippen LogP contribution in [0.5, 0.6) is 5.75 Å². The van der Waals surface area contributed by atoms with Crippen molar-refractivity contribution in [3.05, 3.63) is 96.9 Å². The summed E-state index contributed by atoms with van der Waals surface area (Å²) < 4.78 is 9.91. The molecule has 0 N–H and O–H groups in total. The Bertz CT molecular complexity index is 1640. The number of carbonyl (C=O) groups is 1. The Morgan fingerprint density at radius 3 is 2.64 bits per heavy atom. The Labute approximate surface area is 194 Å². The average Bonchev–Trinajstić information content (AvgIpc) is 3.34. The zero-order valence-corrected chi connectivity index (χ0v) is 19.6. The average molecular weight is 458 g/mol. The molecule has 0 bridgehead atoms. The third kappa shape index (κ3) is 3.36. The van der Waals surface area contributed by atoms with Gasteiger partial charge in [-0.2, -0.15) is 0 Å². The van der Waals surface area contributed by atoms with Crippen molar-refractivity contribution in [2.45, 2.75) is 19.9 Å². The lowest BCUT2D eigenvalue weighted by Crippen LogP contribution is -2.39. The van der Waals surface area contributed by atoms with E-state index in [-0.39, 0.29) is 11.3 Å². The molecule has 2 aromatic heterocycles. The van der Waals surface area contributed by atoms with Crippen LogP contribution in [0.2, 0.25) is 0 Å². The van der Waals surface area contributed by atoms with E-state index >= 15 is 0 Å². The molecule has 33 heavy (non-hydrogen) atoms. The van der Waals surface area contributed by atoms with Crippen LogP contribution in [0.3, 0.4) is 0 Å². The van der Waals surface area contributed by atoms with Crippen LogP contribution in [-0.2, 0) is 11.8 Å². The molecule has 5 rings (SSSR count). The number of nitrogens with zero attached hydrogens (tertiary/aromatic N) is 3. The van der Waals surface area contributed by atoms with Gasteiger partial charge in [-0.05, 0) is 48.9 Å². The number of rotatable bonds is 4. The highest BCUT2D eigenvalue weighted by Crippen LogP contribution is 2.40. The Morgan fingerprint density at radius 1 is 1.15 bits per heavy atom. The van der Waals surface area contributed by atoms with Crippen molar-refractivity contribution in [3.8, 4) is 5.75 Å². The number of aryl methyl sites for hydroxylation is 1. The van der Waals surface area contributed by atoms with E-state index in [0.29, 0.717) is 26.4 Å². The van der Waals surface area contributed by atoms with Crippen molar-refractivity contribution in [1.82, 2.24) is 9.13 Å². The van der Waals surface area contributed by atoms with E-state index in [4.69, 9.17) is 4.74 Å². The molecular formula is C26H23N3O3S. The number of ether oxygens (including phenoxy) is 1. The third-order valence-corrected chi connectivity index (χ3v) is 7.07.